The summed E-state index contributed by atoms with van der Waals surface area (Å²) < 4.78 is 0. The molecule has 6 atom stereocenters. The summed E-state index contributed by atoms with van der Waals surface area (Å²) >= 11 is 0. The number of allylic oxidation sites excluding steroid dienone is 4. The van der Waals surface area contributed by atoms with E-state index in [0.29, 0.717) is 36.8 Å². The molecule has 2 aromatic carbocycles. The van der Waals surface area contributed by atoms with Crippen LogP contribution in [0, 0.1) is 45.8 Å². The van der Waals surface area contributed by atoms with Crippen molar-refractivity contribution in [1.29, 1.82) is 5.26 Å². The van der Waals surface area contributed by atoms with Crippen molar-refractivity contribution in [3.63, 3.8) is 0 Å². The van der Waals surface area contributed by atoms with Gasteiger partial charge in [-0.05, 0) is 96.3 Å². The Bertz CT molecular complexity index is 1250. The van der Waals surface area contributed by atoms with Gasteiger partial charge in [-0.25, -0.2) is 0 Å². The molecule has 4 aliphatic carbocycles. The molecule has 4 aliphatic rings. The third kappa shape index (κ3) is 4.23. The largest absolute Gasteiger partial charge is 0.334 e. The SMILES string of the molecule is C[C@]12CC[C@H]3[C@@H](CC=C4C=C(C#N)CC[C@@]43C)[C@@H]1CC[C@@H]2C(=O)N(Cc1ccccc1)Cc1ccccc1. The third-order valence-electron chi connectivity index (χ3n) is 11.0. The lowest BCUT2D eigenvalue weighted by molar-refractivity contribution is -0.143. The first-order valence-corrected chi connectivity index (χ1v) is 14.6. The number of hydrogen-bond acceptors (Lipinski definition) is 2. The number of fused-ring (bicyclic) bond motifs is 5. The highest BCUT2D eigenvalue weighted by atomic mass is 16.2. The Kier molecular flexibility index (Phi) is 6.55. The molecule has 0 heterocycles. The molecule has 0 bridgehead atoms. The van der Waals surface area contributed by atoms with Gasteiger partial charge in [-0.15, -0.1) is 0 Å². The Morgan fingerprint density at radius 3 is 2.21 bits per heavy atom. The van der Waals surface area contributed by atoms with Crippen molar-refractivity contribution in [3.8, 4) is 6.07 Å². The Hall–Kier alpha value is -3.12. The van der Waals surface area contributed by atoms with Crippen LogP contribution >= 0.6 is 0 Å². The monoisotopic (exact) mass is 504 g/mol. The van der Waals surface area contributed by atoms with E-state index in [2.05, 4.69) is 85.5 Å². The maximum Gasteiger partial charge on any atom is 0.226 e. The molecule has 2 fully saturated rings. The van der Waals surface area contributed by atoms with Crippen LogP contribution in [-0.2, 0) is 17.9 Å². The van der Waals surface area contributed by atoms with Gasteiger partial charge in [0.15, 0.2) is 0 Å². The fourth-order valence-electron chi connectivity index (χ4n) is 8.86. The summed E-state index contributed by atoms with van der Waals surface area (Å²) in [5, 5.41) is 9.49. The lowest BCUT2D eigenvalue weighted by Crippen LogP contribution is -2.51. The first-order chi connectivity index (χ1) is 18.4. The zero-order valence-corrected chi connectivity index (χ0v) is 22.9. The van der Waals surface area contributed by atoms with E-state index in [1.165, 1.54) is 23.1 Å². The number of rotatable bonds is 5. The van der Waals surface area contributed by atoms with Gasteiger partial charge in [-0.1, -0.05) is 80.6 Å². The molecular weight excluding hydrogens is 464 g/mol. The predicted molar refractivity (Wildman–Crippen MR) is 151 cm³/mol. The molecular formula is C35H40N2O. The number of nitrogens with zero attached hydrogens (tertiary/aromatic N) is 2. The fourth-order valence-corrected chi connectivity index (χ4v) is 8.86. The Labute approximate surface area is 228 Å². The number of carbonyl (C=O) groups is 1. The zero-order chi connectivity index (χ0) is 26.3. The molecule has 0 N–H and O–H groups in total. The van der Waals surface area contributed by atoms with Crippen molar-refractivity contribution < 1.29 is 4.79 Å². The quantitative estimate of drug-likeness (QED) is 0.416. The first kappa shape index (κ1) is 25.2. The fraction of sp³-hybridized carbons (Fsp3) is 0.486. The molecule has 38 heavy (non-hydrogen) atoms. The van der Waals surface area contributed by atoms with Gasteiger partial charge in [0.1, 0.15) is 0 Å². The van der Waals surface area contributed by atoms with Crippen LogP contribution in [0.25, 0.3) is 0 Å². The van der Waals surface area contributed by atoms with Gasteiger partial charge in [-0.3, -0.25) is 4.79 Å². The van der Waals surface area contributed by atoms with E-state index in [4.69, 9.17) is 0 Å². The minimum atomic E-state index is 0.0634. The lowest BCUT2D eigenvalue weighted by atomic mass is 9.48. The van der Waals surface area contributed by atoms with E-state index < -0.39 is 0 Å². The smallest absolute Gasteiger partial charge is 0.226 e. The van der Waals surface area contributed by atoms with Gasteiger partial charge < -0.3 is 4.90 Å². The molecule has 3 heteroatoms. The molecule has 0 radical (unpaired) electrons. The van der Waals surface area contributed by atoms with Crippen LogP contribution in [0.5, 0.6) is 0 Å². The van der Waals surface area contributed by atoms with Gasteiger partial charge in [0.2, 0.25) is 5.91 Å². The van der Waals surface area contributed by atoms with Crippen molar-refractivity contribution >= 4 is 5.91 Å². The minimum Gasteiger partial charge on any atom is -0.334 e. The number of nitriles is 1. The zero-order valence-electron chi connectivity index (χ0n) is 22.9. The van der Waals surface area contributed by atoms with E-state index in [1.54, 1.807) is 0 Å². The number of hydrogen-bond donors (Lipinski definition) is 0. The highest BCUT2D eigenvalue weighted by molar-refractivity contribution is 5.80. The second kappa shape index (κ2) is 9.88. The Balaban J connectivity index is 1.26. The van der Waals surface area contributed by atoms with Crippen molar-refractivity contribution in [2.45, 2.75) is 71.9 Å². The molecule has 196 valence electrons. The van der Waals surface area contributed by atoms with Crippen LogP contribution < -0.4 is 0 Å². The van der Waals surface area contributed by atoms with Gasteiger partial charge in [0, 0.05) is 24.6 Å². The van der Waals surface area contributed by atoms with Crippen LogP contribution in [-0.4, -0.2) is 10.8 Å². The summed E-state index contributed by atoms with van der Waals surface area (Å²) in [6.07, 6.45) is 12.3. The van der Waals surface area contributed by atoms with E-state index >= 15 is 0 Å². The van der Waals surface area contributed by atoms with Crippen molar-refractivity contribution in [1.82, 2.24) is 4.90 Å². The molecule has 1 amide bonds. The molecule has 2 saturated carbocycles. The molecule has 0 aromatic heterocycles. The van der Waals surface area contributed by atoms with E-state index in [-0.39, 0.29) is 16.7 Å². The van der Waals surface area contributed by atoms with Gasteiger partial charge in [0.25, 0.3) is 0 Å². The number of benzene rings is 2. The van der Waals surface area contributed by atoms with Gasteiger partial charge >= 0.3 is 0 Å². The maximum absolute atomic E-state index is 14.4. The Morgan fingerprint density at radius 1 is 0.921 bits per heavy atom. The minimum absolute atomic E-state index is 0.0634. The summed E-state index contributed by atoms with van der Waals surface area (Å²) in [7, 11) is 0. The molecule has 0 unspecified atom stereocenters. The maximum atomic E-state index is 14.4. The van der Waals surface area contributed by atoms with Crippen molar-refractivity contribution in [2.75, 3.05) is 0 Å². The molecule has 6 rings (SSSR count). The third-order valence-corrected chi connectivity index (χ3v) is 11.0. The van der Waals surface area contributed by atoms with Crippen LogP contribution in [0.3, 0.4) is 0 Å². The number of amides is 1. The highest BCUT2D eigenvalue weighted by Crippen LogP contribution is 2.66. The molecule has 0 spiro atoms. The summed E-state index contributed by atoms with van der Waals surface area (Å²) in [5.74, 6) is 2.35. The van der Waals surface area contributed by atoms with Crippen LogP contribution in [0.15, 0.2) is 84.0 Å². The molecule has 2 aromatic rings. The predicted octanol–water partition coefficient (Wildman–Crippen LogP) is 7.85. The van der Waals surface area contributed by atoms with Gasteiger partial charge in [-0.2, -0.15) is 5.26 Å². The van der Waals surface area contributed by atoms with Crippen molar-refractivity contribution in [2.24, 2.45) is 34.5 Å². The first-order valence-electron chi connectivity index (χ1n) is 14.6. The lowest BCUT2D eigenvalue weighted by Gasteiger charge is -2.57. The normalized spacial score (nSPS) is 33.6. The molecule has 3 nitrogen and oxygen atoms in total. The van der Waals surface area contributed by atoms with Crippen LogP contribution in [0.4, 0.5) is 0 Å². The average molecular weight is 505 g/mol. The van der Waals surface area contributed by atoms with Crippen LogP contribution in [0.1, 0.15) is 69.9 Å². The van der Waals surface area contributed by atoms with Crippen LogP contribution in [0.2, 0.25) is 0 Å². The summed E-state index contributed by atoms with van der Waals surface area (Å²) in [6, 6.07) is 23.3. The molecule has 0 saturated heterocycles. The topological polar surface area (TPSA) is 44.1 Å². The van der Waals surface area contributed by atoms with Crippen molar-refractivity contribution in [3.05, 3.63) is 95.1 Å². The second-order valence-electron chi connectivity index (χ2n) is 12.8. The summed E-state index contributed by atoms with van der Waals surface area (Å²) in [6.45, 7) is 6.23. The van der Waals surface area contributed by atoms with Gasteiger partial charge in [0.05, 0.1) is 6.07 Å². The summed E-state index contributed by atoms with van der Waals surface area (Å²) in [4.78, 5) is 16.5. The van der Waals surface area contributed by atoms with E-state index in [1.807, 2.05) is 12.1 Å². The number of carbonyl (C=O) groups excluding carboxylic acids is 1. The van der Waals surface area contributed by atoms with E-state index in [0.717, 1.165) is 44.1 Å². The van der Waals surface area contributed by atoms with E-state index in [9.17, 15) is 10.1 Å². The standard InChI is InChI=1S/C35H40N2O/c1-34-19-17-27(22-36)21-28(34)13-14-29-30-15-16-32(35(30,2)20-18-31(29)34)33(38)37(23-25-9-5-3-6-10-25)24-26-11-7-4-8-12-26/h3-13,21,29-32H,14-20,23-24H2,1-2H3/t29-,30-,31-,32+,34-,35-/m0/s1. The summed E-state index contributed by atoms with van der Waals surface area (Å²) in [5.41, 5.74) is 4.98. The Morgan fingerprint density at radius 2 is 1.58 bits per heavy atom. The average Bonchev–Trinajstić information content (AvgIpc) is 3.30. The second-order valence-corrected chi connectivity index (χ2v) is 12.8. The highest BCUT2D eigenvalue weighted by Gasteiger charge is 2.60. The molecule has 0 aliphatic heterocycles.